The van der Waals surface area contributed by atoms with E-state index in [1.165, 1.54) is 6.07 Å². The Balaban J connectivity index is 2.40. The third-order valence-electron chi connectivity index (χ3n) is 3.03. The van der Waals surface area contributed by atoms with Crippen molar-refractivity contribution in [3.63, 3.8) is 0 Å². The standard InChI is InChI=1S/C14H22FNO/c1-10(2)14(17)8-9-16-11(3)12-6-4-5-7-13(12)15/h4-7,10-11,14,16-17H,8-9H2,1-3H3. The fourth-order valence-electron chi connectivity index (χ4n) is 1.72. The maximum atomic E-state index is 13.5. The second-order valence-electron chi connectivity index (χ2n) is 4.80. The maximum absolute atomic E-state index is 13.5. The van der Waals surface area contributed by atoms with Gasteiger partial charge >= 0.3 is 0 Å². The van der Waals surface area contributed by atoms with Gasteiger partial charge in [0.1, 0.15) is 5.82 Å². The minimum Gasteiger partial charge on any atom is -0.393 e. The van der Waals surface area contributed by atoms with Gasteiger partial charge in [-0.2, -0.15) is 0 Å². The number of aliphatic hydroxyl groups excluding tert-OH is 1. The predicted octanol–water partition coefficient (Wildman–Crippen LogP) is 2.88. The van der Waals surface area contributed by atoms with E-state index in [4.69, 9.17) is 0 Å². The van der Waals surface area contributed by atoms with Crippen LogP contribution in [0.25, 0.3) is 0 Å². The molecule has 0 fully saturated rings. The lowest BCUT2D eigenvalue weighted by Crippen LogP contribution is -2.26. The number of halogens is 1. The first kappa shape index (κ1) is 14.1. The van der Waals surface area contributed by atoms with Gasteiger partial charge in [-0.15, -0.1) is 0 Å². The minimum atomic E-state index is -0.296. The molecule has 0 aromatic heterocycles. The molecular formula is C14H22FNO. The summed E-state index contributed by atoms with van der Waals surface area (Å²) in [5.41, 5.74) is 0.673. The molecule has 0 amide bonds. The Kier molecular flexibility index (Phi) is 5.59. The minimum absolute atomic E-state index is 0.0319. The molecule has 0 radical (unpaired) electrons. The quantitative estimate of drug-likeness (QED) is 0.800. The maximum Gasteiger partial charge on any atom is 0.127 e. The largest absolute Gasteiger partial charge is 0.393 e. The molecule has 0 bridgehead atoms. The summed E-state index contributed by atoms with van der Waals surface area (Å²) >= 11 is 0. The van der Waals surface area contributed by atoms with Gasteiger partial charge in [0, 0.05) is 11.6 Å². The highest BCUT2D eigenvalue weighted by Crippen LogP contribution is 2.16. The first-order valence-electron chi connectivity index (χ1n) is 6.18. The SMILES string of the molecule is CC(NCCC(O)C(C)C)c1ccccc1F. The zero-order valence-electron chi connectivity index (χ0n) is 10.8. The summed E-state index contributed by atoms with van der Waals surface area (Å²) < 4.78 is 13.5. The average molecular weight is 239 g/mol. The van der Waals surface area contributed by atoms with E-state index in [0.29, 0.717) is 18.5 Å². The van der Waals surface area contributed by atoms with Gasteiger partial charge in [-0.3, -0.25) is 0 Å². The summed E-state index contributed by atoms with van der Waals surface area (Å²) in [5.74, 6) is 0.0810. The van der Waals surface area contributed by atoms with E-state index < -0.39 is 0 Å². The van der Waals surface area contributed by atoms with Crippen molar-refractivity contribution in [1.29, 1.82) is 0 Å². The van der Waals surface area contributed by atoms with E-state index in [-0.39, 0.29) is 23.9 Å². The molecule has 96 valence electrons. The highest BCUT2D eigenvalue weighted by molar-refractivity contribution is 5.20. The fourth-order valence-corrected chi connectivity index (χ4v) is 1.72. The second-order valence-corrected chi connectivity index (χ2v) is 4.80. The van der Waals surface area contributed by atoms with E-state index in [1.54, 1.807) is 12.1 Å². The molecule has 0 heterocycles. The van der Waals surface area contributed by atoms with Gasteiger partial charge < -0.3 is 10.4 Å². The molecule has 2 nitrogen and oxygen atoms in total. The Hall–Kier alpha value is -0.930. The molecule has 0 spiro atoms. The molecule has 2 N–H and O–H groups in total. The van der Waals surface area contributed by atoms with Crippen LogP contribution in [0.1, 0.15) is 38.8 Å². The molecule has 1 aromatic rings. The Morgan fingerprint density at radius 2 is 1.88 bits per heavy atom. The number of aliphatic hydroxyl groups is 1. The van der Waals surface area contributed by atoms with Gasteiger partial charge in [0.05, 0.1) is 6.10 Å². The van der Waals surface area contributed by atoms with Crippen molar-refractivity contribution in [2.45, 2.75) is 39.3 Å². The highest BCUT2D eigenvalue weighted by atomic mass is 19.1. The van der Waals surface area contributed by atoms with Gasteiger partial charge in [0.25, 0.3) is 0 Å². The van der Waals surface area contributed by atoms with Crippen LogP contribution < -0.4 is 5.32 Å². The third-order valence-corrected chi connectivity index (χ3v) is 3.03. The molecule has 0 aliphatic carbocycles. The van der Waals surface area contributed by atoms with Crippen molar-refractivity contribution in [2.24, 2.45) is 5.92 Å². The Labute approximate surface area is 103 Å². The Bertz CT molecular complexity index is 341. The first-order valence-corrected chi connectivity index (χ1v) is 6.18. The molecule has 3 heteroatoms. The summed E-state index contributed by atoms with van der Waals surface area (Å²) in [7, 11) is 0. The summed E-state index contributed by atoms with van der Waals surface area (Å²) in [6, 6.07) is 6.74. The molecule has 0 saturated carbocycles. The van der Waals surface area contributed by atoms with Gasteiger partial charge in [0.2, 0.25) is 0 Å². The van der Waals surface area contributed by atoms with Crippen LogP contribution >= 0.6 is 0 Å². The van der Waals surface area contributed by atoms with E-state index in [1.807, 2.05) is 26.8 Å². The van der Waals surface area contributed by atoms with E-state index in [2.05, 4.69) is 5.32 Å². The van der Waals surface area contributed by atoms with Crippen LogP contribution in [0.15, 0.2) is 24.3 Å². The monoisotopic (exact) mass is 239 g/mol. The zero-order valence-corrected chi connectivity index (χ0v) is 10.8. The number of nitrogens with one attached hydrogen (secondary N) is 1. The highest BCUT2D eigenvalue weighted by Gasteiger charge is 2.12. The van der Waals surface area contributed by atoms with Crippen LogP contribution in [0.3, 0.4) is 0 Å². The van der Waals surface area contributed by atoms with Gasteiger partial charge in [0.15, 0.2) is 0 Å². The zero-order chi connectivity index (χ0) is 12.8. The predicted molar refractivity (Wildman–Crippen MR) is 68.3 cm³/mol. The number of benzene rings is 1. The van der Waals surface area contributed by atoms with Crippen LogP contribution in [0, 0.1) is 11.7 Å². The van der Waals surface area contributed by atoms with Crippen LogP contribution in [0.4, 0.5) is 4.39 Å². The summed E-state index contributed by atoms with van der Waals surface area (Å²) in [5, 5.41) is 12.9. The van der Waals surface area contributed by atoms with Crippen molar-refractivity contribution >= 4 is 0 Å². The van der Waals surface area contributed by atoms with Crippen LogP contribution in [-0.4, -0.2) is 17.8 Å². The van der Waals surface area contributed by atoms with Crippen molar-refractivity contribution in [3.8, 4) is 0 Å². The average Bonchev–Trinajstić information content (AvgIpc) is 2.29. The molecule has 1 rings (SSSR count). The van der Waals surface area contributed by atoms with Crippen molar-refractivity contribution in [3.05, 3.63) is 35.6 Å². The molecule has 1 aromatic carbocycles. The van der Waals surface area contributed by atoms with Crippen LogP contribution in [-0.2, 0) is 0 Å². The van der Waals surface area contributed by atoms with E-state index in [9.17, 15) is 9.50 Å². The summed E-state index contributed by atoms with van der Waals surface area (Å²) in [6.07, 6.45) is 0.395. The lowest BCUT2D eigenvalue weighted by Gasteiger charge is -2.18. The molecule has 0 aliphatic heterocycles. The van der Waals surface area contributed by atoms with Gasteiger partial charge in [-0.05, 0) is 31.9 Å². The normalized spacial score (nSPS) is 14.9. The van der Waals surface area contributed by atoms with Crippen LogP contribution in [0.5, 0.6) is 0 Å². The number of rotatable bonds is 6. The van der Waals surface area contributed by atoms with Crippen molar-refractivity contribution < 1.29 is 9.50 Å². The van der Waals surface area contributed by atoms with Gasteiger partial charge in [-0.1, -0.05) is 32.0 Å². The van der Waals surface area contributed by atoms with Crippen LogP contribution in [0.2, 0.25) is 0 Å². The number of hydrogen-bond donors (Lipinski definition) is 2. The second kappa shape index (κ2) is 6.72. The van der Waals surface area contributed by atoms with E-state index >= 15 is 0 Å². The lowest BCUT2D eigenvalue weighted by molar-refractivity contribution is 0.115. The summed E-state index contributed by atoms with van der Waals surface area (Å²) in [4.78, 5) is 0. The lowest BCUT2D eigenvalue weighted by atomic mass is 10.0. The summed E-state index contributed by atoms with van der Waals surface area (Å²) in [6.45, 7) is 6.60. The Morgan fingerprint density at radius 1 is 1.24 bits per heavy atom. The molecular weight excluding hydrogens is 217 g/mol. The molecule has 2 unspecified atom stereocenters. The number of hydrogen-bond acceptors (Lipinski definition) is 2. The first-order chi connectivity index (χ1) is 8.02. The fraction of sp³-hybridized carbons (Fsp3) is 0.571. The smallest absolute Gasteiger partial charge is 0.127 e. The Morgan fingerprint density at radius 3 is 2.47 bits per heavy atom. The molecule has 2 atom stereocenters. The van der Waals surface area contributed by atoms with E-state index in [0.717, 1.165) is 0 Å². The topological polar surface area (TPSA) is 32.3 Å². The molecule has 0 saturated heterocycles. The molecule has 17 heavy (non-hydrogen) atoms. The molecule has 0 aliphatic rings. The third kappa shape index (κ3) is 4.44. The van der Waals surface area contributed by atoms with Gasteiger partial charge in [-0.25, -0.2) is 4.39 Å². The van der Waals surface area contributed by atoms with Crippen molar-refractivity contribution in [2.75, 3.05) is 6.54 Å². The van der Waals surface area contributed by atoms with Crippen molar-refractivity contribution in [1.82, 2.24) is 5.32 Å².